The van der Waals surface area contributed by atoms with E-state index in [9.17, 15) is 15.0 Å². The highest BCUT2D eigenvalue weighted by Crippen LogP contribution is 2.46. The van der Waals surface area contributed by atoms with Crippen molar-refractivity contribution in [3.8, 4) is 5.75 Å². The number of nitrogens with zero attached hydrogens (tertiary/aromatic N) is 4. The Morgan fingerprint density at radius 2 is 1.95 bits per heavy atom. The van der Waals surface area contributed by atoms with Crippen molar-refractivity contribution >= 4 is 11.7 Å². The summed E-state index contributed by atoms with van der Waals surface area (Å²) in [5, 5.41) is 25.8. The number of aliphatic hydroxyl groups excluding tert-OH is 1. The lowest BCUT2D eigenvalue weighted by molar-refractivity contribution is -0.167. The first kappa shape index (κ1) is 25.2. The van der Waals surface area contributed by atoms with E-state index < -0.39 is 11.6 Å². The smallest absolute Gasteiger partial charge is 0.338 e. The third-order valence-corrected chi connectivity index (χ3v) is 7.73. The summed E-state index contributed by atoms with van der Waals surface area (Å²) >= 11 is 0. The minimum absolute atomic E-state index is 0.0636. The van der Waals surface area contributed by atoms with Crippen molar-refractivity contribution in [3.63, 3.8) is 0 Å². The minimum atomic E-state index is -0.762. The number of aliphatic hydroxyl groups is 1. The van der Waals surface area contributed by atoms with Crippen LogP contribution >= 0.6 is 0 Å². The van der Waals surface area contributed by atoms with Gasteiger partial charge >= 0.3 is 5.97 Å². The molecular formula is C28H34N4O5. The SMILES string of the molecule is COCc1cc(CCC2(C3CCCC3)CC(O)=C(Cc3nc4nc(C)cc(C)n4n3)C(=O)O2)ccc1O. The van der Waals surface area contributed by atoms with Crippen LogP contribution in [0, 0.1) is 19.8 Å². The Morgan fingerprint density at radius 3 is 2.68 bits per heavy atom. The van der Waals surface area contributed by atoms with Gasteiger partial charge in [0, 0.05) is 36.9 Å². The van der Waals surface area contributed by atoms with Gasteiger partial charge in [-0.25, -0.2) is 14.3 Å². The van der Waals surface area contributed by atoms with Gasteiger partial charge in [-0.2, -0.15) is 4.98 Å². The number of esters is 1. The summed E-state index contributed by atoms with van der Waals surface area (Å²) in [6.45, 7) is 4.14. The second kappa shape index (κ2) is 10.1. The number of aromatic nitrogens is 4. The number of hydrogen-bond acceptors (Lipinski definition) is 8. The lowest BCUT2D eigenvalue weighted by Gasteiger charge is -2.41. The molecule has 1 saturated carbocycles. The number of rotatable bonds is 8. The van der Waals surface area contributed by atoms with Crippen LogP contribution in [0.4, 0.5) is 0 Å². The second-order valence-corrected chi connectivity index (χ2v) is 10.4. The molecule has 1 aliphatic heterocycles. The highest BCUT2D eigenvalue weighted by Gasteiger charge is 2.48. The van der Waals surface area contributed by atoms with Crippen molar-refractivity contribution in [3.05, 3.63) is 63.9 Å². The molecule has 196 valence electrons. The zero-order chi connectivity index (χ0) is 26.2. The van der Waals surface area contributed by atoms with Crippen LogP contribution < -0.4 is 0 Å². The van der Waals surface area contributed by atoms with Crippen LogP contribution in [0.5, 0.6) is 5.75 Å². The molecule has 0 amide bonds. The third-order valence-electron chi connectivity index (χ3n) is 7.73. The number of ether oxygens (including phenoxy) is 2. The molecule has 3 heterocycles. The van der Waals surface area contributed by atoms with Gasteiger partial charge in [-0.05, 0) is 69.2 Å². The number of fused-ring (bicyclic) bond motifs is 1. The third kappa shape index (κ3) is 5.05. The van der Waals surface area contributed by atoms with Crippen molar-refractivity contribution in [1.29, 1.82) is 0 Å². The van der Waals surface area contributed by atoms with E-state index in [-0.39, 0.29) is 35.8 Å². The van der Waals surface area contributed by atoms with E-state index in [1.807, 2.05) is 32.0 Å². The predicted octanol–water partition coefficient (Wildman–Crippen LogP) is 4.46. The number of aromatic hydroxyl groups is 1. The number of hydrogen-bond donors (Lipinski definition) is 2. The van der Waals surface area contributed by atoms with Crippen LogP contribution in [0.1, 0.15) is 66.9 Å². The molecule has 37 heavy (non-hydrogen) atoms. The maximum atomic E-state index is 13.3. The summed E-state index contributed by atoms with van der Waals surface area (Å²) in [5.41, 5.74) is 2.94. The summed E-state index contributed by atoms with van der Waals surface area (Å²) in [6, 6.07) is 7.41. The molecule has 3 aromatic rings. The fourth-order valence-corrected chi connectivity index (χ4v) is 5.85. The number of carbonyl (C=O) groups is 1. The van der Waals surface area contributed by atoms with Crippen molar-refractivity contribution in [2.45, 2.75) is 77.4 Å². The van der Waals surface area contributed by atoms with E-state index in [1.54, 1.807) is 17.7 Å². The first-order valence-corrected chi connectivity index (χ1v) is 12.9. The van der Waals surface area contributed by atoms with Gasteiger partial charge in [-0.3, -0.25) is 0 Å². The van der Waals surface area contributed by atoms with Gasteiger partial charge in [0.2, 0.25) is 0 Å². The van der Waals surface area contributed by atoms with Crippen molar-refractivity contribution in [2.24, 2.45) is 5.92 Å². The van der Waals surface area contributed by atoms with Gasteiger partial charge in [0.05, 0.1) is 12.2 Å². The lowest BCUT2D eigenvalue weighted by atomic mass is 9.76. The molecule has 9 nitrogen and oxygen atoms in total. The van der Waals surface area contributed by atoms with Crippen LogP contribution in [0.15, 0.2) is 35.6 Å². The zero-order valence-corrected chi connectivity index (χ0v) is 21.7. The molecule has 0 radical (unpaired) electrons. The molecule has 5 rings (SSSR count). The number of carbonyl (C=O) groups excluding carboxylic acids is 1. The Morgan fingerprint density at radius 1 is 1.16 bits per heavy atom. The first-order chi connectivity index (χ1) is 17.8. The molecule has 9 heteroatoms. The fourth-order valence-electron chi connectivity index (χ4n) is 5.85. The van der Waals surface area contributed by atoms with Gasteiger partial charge in [0.1, 0.15) is 17.1 Å². The summed E-state index contributed by atoms with van der Waals surface area (Å²) in [6.07, 6.45) is 5.74. The maximum Gasteiger partial charge on any atom is 0.338 e. The van der Waals surface area contributed by atoms with E-state index in [4.69, 9.17) is 9.47 Å². The van der Waals surface area contributed by atoms with E-state index in [0.29, 0.717) is 31.1 Å². The van der Waals surface area contributed by atoms with Crippen molar-refractivity contribution in [2.75, 3.05) is 7.11 Å². The van der Waals surface area contributed by atoms with E-state index in [0.717, 1.165) is 48.2 Å². The Balaban J connectivity index is 1.40. The molecule has 2 aliphatic rings. The summed E-state index contributed by atoms with van der Waals surface area (Å²) < 4.78 is 13.1. The molecule has 1 unspecified atom stereocenters. The number of methoxy groups -OCH3 is 1. The molecule has 0 bridgehead atoms. The highest BCUT2D eigenvalue weighted by molar-refractivity contribution is 5.90. The van der Waals surface area contributed by atoms with Crippen LogP contribution in [0.3, 0.4) is 0 Å². The average molecular weight is 507 g/mol. The molecule has 0 spiro atoms. The van der Waals surface area contributed by atoms with Crippen LogP contribution in [-0.2, 0) is 33.7 Å². The molecule has 0 saturated heterocycles. The summed E-state index contributed by atoms with van der Waals surface area (Å²) in [4.78, 5) is 22.2. The topological polar surface area (TPSA) is 119 Å². The first-order valence-electron chi connectivity index (χ1n) is 12.9. The Hall–Kier alpha value is -3.46. The average Bonchev–Trinajstić information content (AvgIpc) is 3.53. The number of cyclic esters (lactones) is 1. The molecular weight excluding hydrogens is 472 g/mol. The summed E-state index contributed by atoms with van der Waals surface area (Å²) in [7, 11) is 1.59. The van der Waals surface area contributed by atoms with Gasteiger partial charge in [0.15, 0.2) is 5.82 Å². The Labute approximate surface area is 216 Å². The highest BCUT2D eigenvalue weighted by atomic mass is 16.6. The molecule has 1 atom stereocenters. The van der Waals surface area contributed by atoms with Gasteiger partial charge < -0.3 is 19.7 Å². The van der Waals surface area contributed by atoms with E-state index >= 15 is 0 Å². The van der Waals surface area contributed by atoms with Gasteiger partial charge in [-0.1, -0.05) is 18.9 Å². The number of benzene rings is 1. The van der Waals surface area contributed by atoms with Crippen LogP contribution in [0.25, 0.3) is 5.78 Å². The van der Waals surface area contributed by atoms with Crippen LogP contribution in [0.2, 0.25) is 0 Å². The maximum absolute atomic E-state index is 13.3. The number of phenolic OH excluding ortho intramolecular Hbond substituents is 1. The standard InChI is InChI=1S/C28H34N4O5/c1-17-12-18(2)32-27(29-17)30-25(31-32)14-22-24(34)15-28(37-26(22)35,21-6-4-5-7-21)11-10-19-8-9-23(33)20(13-19)16-36-3/h8-9,12-13,21,33-34H,4-7,10-11,14-16H2,1-3H3. The molecule has 2 aromatic heterocycles. The molecule has 1 aliphatic carbocycles. The normalized spacial score (nSPS) is 20.7. The largest absolute Gasteiger partial charge is 0.512 e. The Bertz CT molecular complexity index is 1360. The minimum Gasteiger partial charge on any atom is -0.512 e. The number of phenols is 1. The molecule has 1 aromatic carbocycles. The monoisotopic (exact) mass is 506 g/mol. The van der Waals surface area contributed by atoms with Crippen molar-refractivity contribution < 1.29 is 24.5 Å². The van der Waals surface area contributed by atoms with Crippen molar-refractivity contribution in [1.82, 2.24) is 19.6 Å². The second-order valence-electron chi connectivity index (χ2n) is 10.4. The number of aryl methyl sites for hydroxylation is 3. The van der Waals surface area contributed by atoms with E-state index in [2.05, 4.69) is 15.1 Å². The van der Waals surface area contributed by atoms with Gasteiger partial charge in [0.25, 0.3) is 5.78 Å². The fraction of sp³-hybridized carbons (Fsp3) is 0.500. The molecule has 1 fully saturated rings. The van der Waals surface area contributed by atoms with Crippen LogP contribution in [-0.4, -0.2) is 48.5 Å². The molecule has 2 N–H and O–H groups in total. The van der Waals surface area contributed by atoms with Gasteiger partial charge in [-0.15, -0.1) is 5.10 Å². The quantitative estimate of drug-likeness (QED) is 0.430. The summed E-state index contributed by atoms with van der Waals surface area (Å²) in [5.74, 6) is 0.849. The zero-order valence-electron chi connectivity index (χ0n) is 21.7. The lowest BCUT2D eigenvalue weighted by Crippen LogP contribution is -2.46. The predicted molar refractivity (Wildman–Crippen MR) is 136 cm³/mol. The van der Waals surface area contributed by atoms with E-state index in [1.165, 1.54) is 0 Å². The Kier molecular flexibility index (Phi) is 6.90.